The first-order valence-corrected chi connectivity index (χ1v) is 11.8. The number of fused-ring (bicyclic) bond motifs is 1. The zero-order valence-corrected chi connectivity index (χ0v) is 18.8. The molecular formula is C24H19BrN2O3S. The Balaban J connectivity index is 1.42. The molecule has 0 saturated carbocycles. The van der Waals surface area contributed by atoms with Crippen LogP contribution in [0.4, 0.5) is 0 Å². The first kappa shape index (κ1) is 21.1. The van der Waals surface area contributed by atoms with Crippen molar-refractivity contribution in [3.8, 4) is 5.75 Å². The topological polar surface area (TPSA) is 67.8 Å². The zero-order valence-electron chi connectivity index (χ0n) is 16.4. The van der Waals surface area contributed by atoms with Crippen LogP contribution in [-0.2, 0) is 16.6 Å². The summed E-state index contributed by atoms with van der Waals surface area (Å²) in [7, 11) is -3.76. The molecule has 31 heavy (non-hydrogen) atoms. The maximum Gasteiger partial charge on any atom is 0.276 e. The zero-order chi connectivity index (χ0) is 21.7. The molecule has 0 radical (unpaired) electrons. The predicted molar refractivity (Wildman–Crippen MR) is 127 cm³/mol. The average molecular weight is 495 g/mol. The highest BCUT2D eigenvalue weighted by molar-refractivity contribution is 9.10. The van der Waals surface area contributed by atoms with Crippen molar-refractivity contribution in [2.75, 3.05) is 0 Å². The largest absolute Gasteiger partial charge is 0.488 e. The smallest absolute Gasteiger partial charge is 0.276 e. The minimum Gasteiger partial charge on any atom is -0.488 e. The van der Waals surface area contributed by atoms with Crippen LogP contribution in [0.25, 0.3) is 10.8 Å². The van der Waals surface area contributed by atoms with E-state index in [-0.39, 0.29) is 4.90 Å². The highest BCUT2D eigenvalue weighted by Crippen LogP contribution is 2.26. The molecule has 0 fully saturated rings. The summed E-state index contributed by atoms with van der Waals surface area (Å²) in [6, 6.07) is 27.9. The molecule has 4 aromatic rings. The number of hydrogen-bond donors (Lipinski definition) is 1. The third kappa shape index (κ3) is 5.31. The van der Waals surface area contributed by atoms with E-state index in [2.05, 4.69) is 25.9 Å². The van der Waals surface area contributed by atoms with Gasteiger partial charge in [-0.1, -0.05) is 60.7 Å². The van der Waals surface area contributed by atoms with E-state index in [4.69, 9.17) is 4.74 Å². The van der Waals surface area contributed by atoms with Gasteiger partial charge in [0.05, 0.1) is 15.6 Å². The van der Waals surface area contributed by atoms with Gasteiger partial charge in [0.15, 0.2) is 0 Å². The van der Waals surface area contributed by atoms with Gasteiger partial charge in [-0.25, -0.2) is 4.83 Å². The molecule has 0 aliphatic carbocycles. The number of ether oxygens (including phenoxy) is 1. The summed E-state index contributed by atoms with van der Waals surface area (Å²) in [6.45, 7) is 0.457. The molecule has 0 atom stereocenters. The summed E-state index contributed by atoms with van der Waals surface area (Å²) in [5.41, 5.74) is 1.79. The lowest BCUT2D eigenvalue weighted by Crippen LogP contribution is -2.18. The number of benzene rings is 4. The quantitative estimate of drug-likeness (QED) is 0.272. The van der Waals surface area contributed by atoms with E-state index in [1.807, 2.05) is 66.7 Å². The maximum atomic E-state index is 12.6. The van der Waals surface area contributed by atoms with E-state index in [0.717, 1.165) is 26.4 Å². The minimum atomic E-state index is -3.76. The first-order chi connectivity index (χ1) is 15.0. The Morgan fingerprint density at radius 2 is 1.61 bits per heavy atom. The van der Waals surface area contributed by atoms with Crippen molar-refractivity contribution >= 4 is 42.9 Å². The molecule has 5 nitrogen and oxygen atoms in total. The molecule has 0 unspecified atom stereocenters. The number of nitrogens with zero attached hydrogens (tertiary/aromatic N) is 1. The van der Waals surface area contributed by atoms with Crippen LogP contribution >= 0.6 is 15.9 Å². The SMILES string of the molecule is O=S(=O)(N/N=C/c1ccc(OCc2ccccc2)c(Br)c1)c1ccc2ccccc2c1. The summed E-state index contributed by atoms with van der Waals surface area (Å²) < 4.78 is 31.7. The average Bonchev–Trinajstić information content (AvgIpc) is 2.79. The third-order valence-electron chi connectivity index (χ3n) is 4.61. The van der Waals surface area contributed by atoms with E-state index in [1.165, 1.54) is 6.21 Å². The van der Waals surface area contributed by atoms with E-state index < -0.39 is 10.0 Å². The van der Waals surface area contributed by atoms with Crippen molar-refractivity contribution in [3.05, 3.63) is 107 Å². The second-order valence-corrected chi connectivity index (χ2v) is 9.34. The molecule has 0 heterocycles. The van der Waals surface area contributed by atoms with Crippen molar-refractivity contribution in [1.82, 2.24) is 4.83 Å². The molecule has 0 amide bonds. The normalized spacial score (nSPS) is 11.6. The number of rotatable bonds is 7. The number of hydrogen-bond acceptors (Lipinski definition) is 4. The van der Waals surface area contributed by atoms with Crippen LogP contribution in [0.15, 0.2) is 105 Å². The predicted octanol–water partition coefficient (Wildman–Crippen LogP) is 5.49. The minimum absolute atomic E-state index is 0.161. The van der Waals surface area contributed by atoms with Crippen molar-refractivity contribution < 1.29 is 13.2 Å². The van der Waals surface area contributed by atoms with Crippen molar-refractivity contribution in [1.29, 1.82) is 0 Å². The molecule has 0 aromatic heterocycles. The second kappa shape index (κ2) is 9.32. The van der Waals surface area contributed by atoms with Gasteiger partial charge in [0.1, 0.15) is 12.4 Å². The number of hydrazone groups is 1. The molecule has 156 valence electrons. The van der Waals surface area contributed by atoms with Crippen LogP contribution in [0.1, 0.15) is 11.1 Å². The van der Waals surface area contributed by atoms with E-state index >= 15 is 0 Å². The fourth-order valence-corrected chi connectivity index (χ4v) is 4.34. The van der Waals surface area contributed by atoms with Crippen molar-refractivity contribution in [3.63, 3.8) is 0 Å². The third-order valence-corrected chi connectivity index (χ3v) is 6.45. The molecular weight excluding hydrogens is 476 g/mol. The lowest BCUT2D eigenvalue weighted by atomic mass is 10.1. The Bertz CT molecular complexity index is 1340. The van der Waals surface area contributed by atoms with Gasteiger partial charge < -0.3 is 4.74 Å². The molecule has 0 spiro atoms. The highest BCUT2D eigenvalue weighted by Gasteiger charge is 2.13. The Hall–Kier alpha value is -3.16. The van der Waals surface area contributed by atoms with Gasteiger partial charge in [0, 0.05) is 0 Å². The molecule has 0 aliphatic rings. The van der Waals surface area contributed by atoms with Crippen LogP contribution in [-0.4, -0.2) is 14.6 Å². The monoisotopic (exact) mass is 494 g/mol. The summed E-state index contributed by atoms with van der Waals surface area (Å²) in [5, 5.41) is 5.74. The van der Waals surface area contributed by atoms with Gasteiger partial charge in [-0.15, -0.1) is 0 Å². The van der Waals surface area contributed by atoms with Crippen LogP contribution < -0.4 is 9.57 Å². The Morgan fingerprint density at radius 1 is 0.871 bits per heavy atom. The Morgan fingerprint density at radius 3 is 2.39 bits per heavy atom. The summed E-state index contributed by atoms with van der Waals surface area (Å²) in [4.78, 5) is 2.43. The van der Waals surface area contributed by atoms with Crippen molar-refractivity contribution in [2.24, 2.45) is 5.10 Å². The van der Waals surface area contributed by atoms with Gasteiger partial charge in [-0.05, 0) is 68.2 Å². The second-order valence-electron chi connectivity index (χ2n) is 6.83. The van der Waals surface area contributed by atoms with Crippen LogP contribution in [0.2, 0.25) is 0 Å². The molecule has 0 aliphatic heterocycles. The molecule has 0 saturated heterocycles. The fraction of sp³-hybridized carbons (Fsp3) is 0.0417. The van der Waals surface area contributed by atoms with Crippen molar-refractivity contribution in [2.45, 2.75) is 11.5 Å². The summed E-state index contributed by atoms with van der Waals surface area (Å²) in [5.74, 6) is 0.692. The van der Waals surface area contributed by atoms with Crippen LogP contribution in [0.5, 0.6) is 5.75 Å². The lowest BCUT2D eigenvalue weighted by molar-refractivity contribution is 0.304. The number of nitrogens with one attached hydrogen (secondary N) is 1. The molecule has 4 rings (SSSR count). The standard InChI is InChI=1S/C24H19BrN2O3S/c25-23-14-19(10-13-24(23)30-17-18-6-2-1-3-7-18)16-26-27-31(28,29)22-12-11-20-8-4-5-9-21(20)15-22/h1-16,27H,17H2/b26-16+. The van der Waals surface area contributed by atoms with E-state index in [9.17, 15) is 8.42 Å². The number of sulfonamides is 1. The van der Waals surface area contributed by atoms with Gasteiger partial charge in [-0.2, -0.15) is 13.5 Å². The van der Waals surface area contributed by atoms with Crippen LogP contribution in [0, 0.1) is 0 Å². The van der Waals surface area contributed by atoms with E-state index in [1.54, 1.807) is 24.3 Å². The van der Waals surface area contributed by atoms with Gasteiger partial charge in [0.2, 0.25) is 0 Å². The van der Waals surface area contributed by atoms with E-state index in [0.29, 0.717) is 12.4 Å². The lowest BCUT2D eigenvalue weighted by Gasteiger charge is -2.09. The Kier molecular flexibility index (Phi) is 6.34. The fourth-order valence-electron chi connectivity index (χ4n) is 3.01. The maximum absolute atomic E-state index is 12.6. The van der Waals surface area contributed by atoms with Gasteiger partial charge >= 0.3 is 0 Å². The molecule has 7 heteroatoms. The summed E-state index contributed by atoms with van der Waals surface area (Å²) in [6.07, 6.45) is 1.45. The molecule has 0 bridgehead atoms. The van der Waals surface area contributed by atoms with Gasteiger partial charge in [0.25, 0.3) is 10.0 Å². The first-order valence-electron chi connectivity index (χ1n) is 9.51. The van der Waals surface area contributed by atoms with Crippen LogP contribution in [0.3, 0.4) is 0 Å². The summed E-state index contributed by atoms with van der Waals surface area (Å²) >= 11 is 3.49. The highest BCUT2D eigenvalue weighted by atomic mass is 79.9. The molecule has 1 N–H and O–H groups in total. The molecule has 4 aromatic carbocycles. The Labute approximate surface area is 189 Å². The number of halogens is 1. The van der Waals surface area contributed by atoms with Gasteiger partial charge in [-0.3, -0.25) is 0 Å².